The molecule has 0 amide bonds. The van der Waals surface area contributed by atoms with Gasteiger partial charge in [0, 0.05) is 6.08 Å². The molecule has 0 saturated carbocycles. The molecule has 0 aromatic carbocycles. The van der Waals surface area contributed by atoms with E-state index in [1.807, 2.05) is 6.08 Å². The Kier molecular flexibility index (Phi) is 6.47. The third-order valence-corrected chi connectivity index (χ3v) is 2.52. The second-order valence-corrected chi connectivity index (χ2v) is 4.55. The van der Waals surface area contributed by atoms with E-state index >= 15 is 0 Å². The Hall–Kier alpha value is -1.31. The van der Waals surface area contributed by atoms with Crippen molar-refractivity contribution < 1.29 is 9.90 Å². The van der Waals surface area contributed by atoms with Crippen LogP contribution < -0.4 is 0 Å². The van der Waals surface area contributed by atoms with Gasteiger partial charge in [0.25, 0.3) is 0 Å². The average Bonchev–Trinajstić information content (AvgIpc) is 2.13. The first-order chi connectivity index (χ1) is 7.32. The molecule has 0 bridgehead atoms. The number of rotatable bonds is 5. The van der Waals surface area contributed by atoms with Gasteiger partial charge in [-0.15, -0.1) is 0 Å². The third-order valence-electron chi connectivity index (χ3n) is 2.52. The van der Waals surface area contributed by atoms with E-state index in [2.05, 4.69) is 33.8 Å². The zero-order valence-electron chi connectivity index (χ0n) is 10.9. The molecular weight excluding hydrogens is 200 g/mol. The summed E-state index contributed by atoms with van der Waals surface area (Å²) in [7, 11) is 0. The molecule has 90 valence electrons. The smallest absolute Gasteiger partial charge is 0.328 e. The highest BCUT2D eigenvalue weighted by atomic mass is 16.4. The fraction of sp³-hybridized carbons (Fsp3) is 0.500. The van der Waals surface area contributed by atoms with E-state index < -0.39 is 5.97 Å². The first-order valence-corrected chi connectivity index (χ1v) is 5.55. The van der Waals surface area contributed by atoms with E-state index in [0.29, 0.717) is 5.92 Å². The maximum atomic E-state index is 10.4. The van der Waals surface area contributed by atoms with E-state index in [1.165, 1.54) is 17.2 Å². The number of carboxylic acid groups (broad SMARTS) is 1. The van der Waals surface area contributed by atoms with Gasteiger partial charge in [-0.05, 0) is 45.6 Å². The van der Waals surface area contributed by atoms with Crippen LogP contribution in [0.3, 0.4) is 0 Å². The van der Waals surface area contributed by atoms with E-state index in [1.54, 1.807) is 6.92 Å². The van der Waals surface area contributed by atoms with Crippen molar-refractivity contribution in [2.75, 3.05) is 0 Å². The second kappa shape index (κ2) is 7.04. The highest BCUT2D eigenvalue weighted by Gasteiger charge is 2.00. The fourth-order valence-corrected chi connectivity index (χ4v) is 1.31. The summed E-state index contributed by atoms with van der Waals surface area (Å²) in [5.74, 6) is -0.456. The zero-order valence-corrected chi connectivity index (χ0v) is 10.9. The molecule has 1 atom stereocenters. The molecule has 0 heterocycles. The molecule has 0 saturated heterocycles. The minimum absolute atomic E-state index is 0.437. The standard InChI is InChI=1S/C14H22O2/c1-10(2)13(5)8-11(3)6-7-12(4)9-14(15)16/h6-7,9,11H,8H2,1-5H3,(H,15,16)/b7-6+,12-9+. The molecule has 1 N–H and O–H groups in total. The first-order valence-electron chi connectivity index (χ1n) is 5.55. The number of hydrogen-bond acceptors (Lipinski definition) is 1. The number of hydrogen-bond donors (Lipinski definition) is 1. The monoisotopic (exact) mass is 222 g/mol. The fourth-order valence-electron chi connectivity index (χ4n) is 1.31. The number of carbonyl (C=O) groups is 1. The molecule has 0 spiro atoms. The molecule has 0 fully saturated rings. The van der Waals surface area contributed by atoms with Gasteiger partial charge in [-0.25, -0.2) is 4.79 Å². The van der Waals surface area contributed by atoms with Crippen LogP contribution in [0, 0.1) is 5.92 Å². The Bertz CT molecular complexity index is 329. The van der Waals surface area contributed by atoms with Gasteiger partial charge in [0.05, 0.1) is 0 Å². The maximum Gasteiger partial charge on any atom is 0.328 e. The largest absolute Gasteiger partial charge is 0.478 e. The summed E-state index contributed by atoms with van der Waals surface area (Å²) in [5, 5.41) is 8.55. The number of carboxylic acids is 1. The molecule has 0 rings (SSSR count). The highest BCUT2D eigenvalue weighted by molar-refractivity contribution is 5.81. The molecule has 0 radical (unpaired) electrons. The molecule has 1 unspecified atom stereocenters. The lowest BCUT2D eigenvalue weighted by atomic mass is 9.98. The van der Waals surface area contributed by atoms with Crippen LogP contribution in [-0.2, 0) is 4.79 Å². The normalized spacial score (nSPS) is 13.9. The van der Waals surface area contributed by atoms with Crippen molar-refractivity contribution in [3.05, 3.63) is 34.9 Å². The zero-order chi connectivity index (χ0) is 12.7. The summed E-state index contributed by atoms with van der Waals surface area (Å²) in [5.41, 5.74) is 3.53. The molecule has 0 aliphatic rings. The van der Waals surface area contributed by atoms with E-state index in [0.717, 1.165) is 12.0 Å². The minimum Gasteiger partial charge on any atom is -0.478 e. The maximum absolute atomic E-state index is 10.4. The lowest BCUT2D eigenvalue weighted by Crippen LogP contribution is -1.93. The van der Waals surface area contributed by atoms with Gasteiger partial charge in [0.15, 0.2) is 0 Å². The van der Waals surface area contributed by atoms with Crippen LogP contribution in [0.1, 0.15) is 41.0 Å². The van der Waals surface area contributed by atoms with Crippen molar-refractivity contribution in [3.63, 3.8) is 0 Å². The summed E-state index contributed by atoms with van der Waals surface area (Å²) in [6.07, 6.45) is 6.18. The third kappa shape index (κ3) is 7.04. The Morgan fingerprint density at radius 1 is 1.25 bits per heavy atom. The molecule has 0 aromatic heterocycles. The molecule has 2 nitrogen and oxygen atoms in total. The van der Waals surface area contributed by atoms with Gasteiger partial charge < -0.3 is 5.11 Å². The lowest BCUT2D eigenvalue weighted by molar-refractivity contribution is -0.131. The van der Waals surface area contributed by atoms with Crippen LogP contribution in [0.15, 0.2) is 34.9 Å². The predicted octanol–water partition coefficient (Wildman–Crippen LogP) is 3.96. The molecule has 2 heteroatoms. The molecule has 0 aliphatic heterocycles. The van der Waals surface area contributed by atoms with Crippen molar-refractivity contribution in [2.45, 2.75) is 41.0 Å². The van der Waals surface area contributed by atoms with E-state index in [-0.39, 0.29) is 0 Å². The Balaban J connectivity index is 4.36. The summed E-state index contributed by atoms with van der Waals surface area (Å²) in [4.78, 5) is 10.4. The van der Waals surface area contributed by atoms with Crippen LogP contribution in [0.4, 0.5) is 0 Å². The topological polar surface area (TPSA) is 37.3 Å². The van der Waals surface area contributed by atoms with Crippen molar-refractivity contribution in [2.24, 2.45) is 5.92 Å². The highest BCUT2D eigenvalue weighted by Crippen LogP contribution is 2.16. The number of aliphatic carboxylic acids is 1. The molecular formula is C14H22O2. The van der Waals surface area contributed by atoms with E-state index in [4.69, 9.17) is 5.11 Å². The van der Waals surface area contributed by atoms with Crippen LogP contribution >= 0.6 is 0 Å². The lowest BCUT2D eigenvalue weighted by Gasteiger charge is -2.08. The van der Waals surface area contributed by atoms with Crippen LogP contribution in [0.2, 0.25) is 0 Å². The van der Waals surface area contributed by atoms with Crippen LogP contribution in [0.5, 0.6) is 0 Å². The van der Waals surface area contributed by atoms with Crippen molar-refractivity contribution >= 4 is 5.97 Å². The van der Waals surface area contributed by atoms with Crippen LogP contribution in [0.25, 0.3) is 0 Å². The minimum atomic E-state index is -0.893. The molecule has 0 aliphatic carbocycles. The van der Waals surface area contributed by atoms with Crippen molar-refractivity contribution in [1.82, 2.24) is 0 Å². The van der Waals surface area contributed by atoms with Gasteiger partial charge in [0.2, 0.25) is 0 Å². The summed E-state index contributed by atoms with van der Waals surface area (Å²) >= 11 is 0. The predicted molar refractivity (Wildman–Crippen MR) is 68.4 cm³/mol. The first kappa shape index (κ1) is 14.7. The number of allylic oxidation sites excluding steroid dienone is 5. The van der Waals surface area contributed by atoms with Crippen molar-refractivity contribution in [1.29, 1.82) is 0 Å². The van der Waals surface area contributed by atoms with Gasteiger partial charge >= 0.3 is 5.97 Å². The van der Waals surface area contributed by atoms with Gasteiger partial charge in [0.1, 0.15) is 0 Å². The van der Waals surface area contributed by atoms with E-state index in [9.17, 15) is 4.79 Å². The Labute approximate surface area is 98.4 Å². The average molecular weight is 222 g/mol. The van der Waals surface area contributed by atoms with Gasteiger partial charge in [-0.1, -0.05) is 30.2 Å². The summed E-state index contributed by atoms with van der Waals surface area (Å²) < 4.78 is 0. The van der Waals surface area contributed by atoms with Gasteiger partial charge in [-0.3, -0.25) is 0 Å². The Morgan fingerprint density at radius 3 is 2.25 bits per heavy atom. The van der Waals surface area contributed by atoms with Crippen molar-refractivity contribution in [3.8, 4) is 0 Å². The quantitative estimate of drug-likeness (QED) is 0.434. The summed E-state index contributed by atoms with van der Waals surface area (Å²) in [6.45, 7) is 10.3. The molecule has 16 heavy (non-hydrogen) atoms. The molecule has 0 aromatic rings. The SMILES string of the molecule is CC(C)=C(C)CC(C)/C=C/C(C)=C/C(=O)O. The summed E-state index contributed by atoms with van der Waals surface area (Å²) in [6, 6.07) is 0. The Morgan fingerprint density at radius 2 is 1.81 bits per heavy atom. The van der Waals surface area contributed by atoms with Gasteiger partial charge in [-0.2, -0.15) is 0 Å². The van der Waals surface area contributed by atoms with Crippen LogP contribution in [-0.4, -0.2) is 11.1 Å². The second-order valence-electron chi connectivity index (χ2n) is 4.55.